The van der Waals surface area contributed by atoms with Crippen LogP contribution in [0.5, 0.6) is 0 Å². The molecular formula is C20H18N2O2. The minimum atomic E-state index is -0.691. The molecule has 1 aliphatic heterocycles. The molecule has 0 aromatic heterocycles. The van der Waals surface area contributed by atoms with E-state index < -0.39 is 6.04 Å². The highest BCUT2D eigenvalue weighted by Gasteiger charge is 2.38. The number of benzene rings is 3. The summed E-state index contributed by atoms with van der Waals surface area (Å²) in [7, 11) is 1.96. The molecule has 4 rings (SSSR count). The lowest BCUT2D eigenvalue weighted by molar-refractivity contribution is -0.522. The Morgan fingerprint density at radius 2 is 1.71 bits per heavy atom. The van der Waals surface area contributed by atoms with Crippen molar-refractivity contribution in [3.05, 3.63) is 76.3 Å². The fourth-order valence-electron chi connectivity index (χ4n) is 3.90. The standard InChI is InChI=1S/C20H18N2O2/c1-13(22(23)24)19-17-10-6-5-9-16(17)18-12-11-14-7-3-4-8-15(14)20(18)21(19)2/h3-13,19H,1-2H3. The van der Waals surface area contributed by atoms with Crippen LogP contribution >= 0.6 is 0 Å². The number of nitro groups is 1. The minimum absolute atomic E-state index is 0.186. The Labute approximate surface area is 140 Å². The van der Waals surface area contributed by atoms with E-state index in [2.05, 4.69) is 35.2 Å². The van der Waals surface area contributed by atoms with E-state index in [0.29, 0.717) is 0 Å². The van der Waals surface area contributed by atoms with Gasteiger partial charge < -0.3 is 4.90 Å². The van der Waals surface area contributed by atoms with Crippen molar-refractivity contribution < 1.29 is 4.92 Å². The van der Waals surface area contributed by atoms with Crippen molar-refractivity contribution in [3.8, 4) is 11.1 Å². The summed E-state index contributed by atoms with van der Waals surface area (Å²) in [5, 5.41) is 13.8. The number of rotatable bonds is 2. The van der Waals surface area contributed by atoms with Gasteiger partial charge in [0.25, 0.3) is 0 Å². The molecule has 0 saturated heterocycles. The molecule has 3 aromatic rings. The number of nitrogens with zero attached hydrogens (tertiary/aromatic N) is 2. The van der Waals surface area contributed by atoms with Crippen LogP contribution in [-0.2, 0) is 0 Å². The summed E-state index contributed by atoms with van der Waals surface area (Å²) >= 11 is 0. The first kappa shape index (κ1) is 14.7. The van der Waals surface area contributed by atoms with Crippen molar-refractivity contribution in [2.45, 2.75) is 19.0 Å². The van der Waals surface area contributed by atoms with Crippen LogP contribution in [0, 0.1) is 10.1 Å². The Morgan fingerprint density at radius 3 is 2.50 bits per heavy atom. The van der Waals surface area contributed by atoms with Crippen molar-refractivity contribution in [1.82, 2.24) is 0 Å². The second-order valence-electron chi connectivity index (χ2n) is 6.35. The summed E-state index contributed by atoms with van der Waals surface area (Å²) in [4.78, 5) is 13.4. The van der Waals surface area contributed by atoms with Gasteiger partial charge in [0.2, 0.25) is 6.04 Å². The highest BCUT2D eigenvalue weighted by atomic mass is 16.6. The second kappa shape index (κ2) is 5.34. The molecule has 0 spiro atoms. The summed E-state index contributed by atoms with van der Waals surface area (Å²) in [5.41, 5.74) is 4.33. The lowest BCUT2D eigenvalue weighted by Crippen LogP contribution is -2.39. The Morgan fingerprint density at radius 1 is 1.00 bits per heavy atom. The summed E-state index contributed by atoms with van der Waals surface area (Å²) in [5.74, 6) is 0. The number of anilines is 1. The first-order valence-electron chi connectivity index (χ1n) is 8.07. The van der Waals surface area contributed by atoms with Crippen LogP contribution in [-0.4, -0.2) is 18.0 Å². The molecule has 4 heteroatoms. The third kappa shape index (κ3) is 1.99. The van der Waals surface area contributed by atoms with E-state index in [1.165, 1.54) is 0 Å². The Kier molecular flexibility index (Phi) is 3.27. The molecule has 3 aromatic carbocycles. The zero-order valence-corrected chi connectivity index (χ0v) is 13.6. The molecule has 2 atom stereocenters. The largest absolute Gasteiger partial charge is 0.360 e. The monoisotopic (exact) mass is 318 g/mol. The normalized spacial score (nSPS) is 17.2. The number of likely N-dealkylation sites (N-methyl/N-ethyl adjacent to an activating group) is 1. The van der Waals surface area contributed by atoms with Gasteiger partial charge in [-0.3, -0.25) is 10.1 Å². The molecule has 0 amide bonds. The van der Waals surface area contributed by atoms with Gasteiger partial charge in [-0.05, 0) is 16.5 Å². The van der Waals surface area contributed by atoms with Crippen LogP contribution in [0.15, 0.2) is 60.7 Å². The third-order valence-corrected chi connectivity index (χ3v) is 5.03. The maximum atomic E-state index is 11.5. The van der Waals surface area contributed by atoms with Crippen molar-refractivity contribution in [3.63, 3.8) is 0 Å². The highest BCUT2D eigenvalue weighted by Crippen LogP contribution is 2.48. The van der Waals surface area contributed by atoms with Gasteiger partial charge in [-0.15, -0.1) is 0 Å². The van der Waals surface area contributed by atoms with Gasteiger partial charge in [0.15, 0.2) is 0 Å². The molecule has 0 bridgehead atoms. The molecule has 120 valence electrons. The molecule has 0 aliphatic carbocycles. The predicted molar refractivity (Wildman–Crippen MR) is 97.0 cm³/mol. The van der Waals surface area contributed by atoms with Gasteiger partial charge in [-0.2, -0.15) is 0 Å². The van der Waals surface area contributed by atoms with E-state index in [4.69, 9.17) is 0 Å². The van der Waals surface area contributed by atoms with Gasteiger partial charge in [0.1, 0.15) is 6.04 Å². The van der Waals surface area contributed by atoms with Gasteiger partial charge in [-0.25, -0.2) is 0 Å². The van der Waals surface area contributed by atoms with E-state index >= 15 is 0 Å². The topological polar surface area (TPSA) is 46.4 Å². The molecule has 0 radical (unpaired) electrons. The smallest absolute Gasteiger partial charge is 0.234 e. The number of hydrogen-bond acceptors (Lipinski definition) is 3. The molecule has 1 heterocycles. The Hall–Kier alpha value is -2.88. The summed E-state index contributed by atoms with van der Waals surface area (Å²) < 4.78 is 0. The second-order valence-corrected chi connectivity index (χ2v) is 6.35. The first-order valence-corrected chi connectivity index (χ1v) is 8.07. The average molecular weight is 318 g/mol. The number of hydrogen-bond donors (Lipinski definition) is 0. The van der Waals surface area contributed by atoms with Crippen LogP contribution in [0.3, 0.4) is 0 Å². The minimum Gasteiger partial charge on any atom is -0.360 e. The molecule has 1 aliphatic rings. The predicted octanol–water partition coefficient (Wildman–Crippen LogP) is 4.66. The SMILES string of the molecule is CC(C1c2ccccc2-c2ccc3ccccc3c2N1C)[N+](=O)[O-]. The van der Waals surface area contributed by atoms with Crippen LogP contribution in [0.25, 0.3) is 21.9 Å². The van der Waals surface area contributed by atoms with Crippen LogP contribution in [0.2, 0.25) is 0 Å². The van der Waals surface area contributed by atoms with Crippen molar-refractivity contribution in [2.24, 2.45) is 0 Å². The quantitative estimate of drug-likeness (QED) is 0.510. The van der Waals surface area contributed by atoms with Gasteiger partial charge in [0.05, 0.1) is 5.69 Å². The summed E-state index contributed by atoms with van der Waals surface area (Å²) in [6, 6.07) is 19.5. The summed E-state index contributed by atoms with van der Waals surface area (Å²) in [6.45, 7) is 1.69. The molecule has 0 fully saturated rings. The Bertz CT molecular complexity index is 951. The zero-order chi connectivity index (χ0) is 16.8. The van der Waals surface area contributed by atoms with E-state index in [1.54, 1.807) is 6.92 Å². The van der Waals surface area contributed by atoms with Gasteiger partial charge >= 0.3 is 0 Å². The fraction of sp³-hybridized carbons (Fsp3) is 0.200. The van der Waals surface area contributed by atoms with Gasteiger partial charge in [-0.1, -0.05) is 60.7 Å². The lowest BCUT2D eigenvalue weighted by atomic mass is 9.84. The highest BCUT2D eigenvalue weighted by molar-refractivity contribution is 6.04. The Balaban J connectivity index is 2.06. The summed E-state index contributed by atoms with van der Waals surface area (Å²) in [6.07, 6.45) is 0. The van der Waals surface area contributed by atoms with Crippen molar-refractivity contribution in [1.29, 1.82) is 0 Å². The average Bonchev–Trinajstić information content (AvgIpc) is 2.61. The van der Waals surface area contributed by atoms with Crippen molar-refractivity contribution >= 4 is 16.5 Å². The maximum absolute atomic E-state index is 11.5. The lowest BCUT2D eigenvalue weighted by Gasteiger charge is -2.38. The van der Waals surface area contributed by atoms with E-state index in [1.807, 2.05) is 37.4 Å². The molecule has 0 N–H and O–H groups in total. The fourth-order valence-corrected chi connectivity index (χ4v) is 3.90. The van der Waals surface area contributed by atoms with E-state index in [-0.39, 0.29) is 11.0 Å². The molecule has 2 unspecified atom stereocenters. The van der Waals surface area contributed by atoms with E-state index in [9.17, 15) is 10.1 Å². The zero-order valence-electron chi connectivity index (χ0n) is 13.6. The van der Waals surface area contributed by atoms with Crippen LogP contribution in [0.4, 0.5) is 5.69 Å². The molecule has 24 heavy (non-hydrogen) atoms. The third-order valence-electron chi connectivity index (χ3n) is 5.03. The van der Waals surface area contributed by atoms with Crippen molar-refractivity contribution in [2.75, 3.05) is 11.9 Å². The number of fused-ring (bicyclic) bond motifs is 5. The van der Waals surface area contributed by atoms with E-state index in [0.717, 1.165) is 33.2 Å². The molecule has 4 nitrogen and oxygen atoms in total. The molecular weight excluding hydrogens is 300 g/mol. The van der Waals surface area contributed by atoms with Gasteiger partial charge in [0, 0.05) is 29.8 Å². The molecule has 0 saturated carbocycles. The maximum Gasteiger partial charge on any atom is 0.234 e. The van der Waals surface area contributed by atoms with Crippen LogP contribution in [0.1, 0.15) is 18.5 Å². The van der Waals surface area contributed by atoms with Crippen LogP contribution < -0.4 is 4.90 Å². The first-order chi connectivity index (χ1) is 11.6.